The van der Waals surface area contributed by atoms with Gasteiger partial charge in [-0.05, 0) is 93.2 Å². The van der Waals surface area contributed by atoms with Crippen molar-refractivity contribution in [3.05, 3.63) is 78.4 Å². The molecule has 3 aromatic carbocycles. The van der Waals surface area contributed by atoms with E-state index >= 15 is 0 Å². The molecule has 1 aliphatic carbocycles. The molecule has 0 aromatic heterocycles. The van der Waals surface area contributed by atoms with Crippen LogP contribution in [0.1, 0.15) is 52.0 Å². The molecule has 0 radical (unpaired) electrons. The number of ether oxygens (including phenoxy) is 1. The molecular weight excluding hydrogens is 496 g/mol. The molecule has 0 saturated heterocycles. The normalized spacial score (nSPS) is 18.4. The minimum atomic E-state index is -3.65. The Morgan fingerprint density at radius 1 is 0.895 bits per heavy atom. The molecule has 4 rings (SSSR count). The highest BCUT2D eigenvalue weighted by molar-refractivity contribution is 7.89. The van der Waals surface area contributed by atoms with Gasteiger partial charge >= 0.3 is 6.09 Å². The number of alkyl carbamates (subject to hydrolysis) is 1. The van der Waals surface area contributed by atoms with Crippen LogP contribution in [0.3, 0.4) is 0 Å². The third-order valence-electron chi connectivity index (χ3n) is 7.21. The van der Waals surface area contributed by atoms with Crippen molar-refractivity contribution in [2.75, 3.05) is 19.6 Å². The molecule has 0 bridgehead atoms. The molecule has 1 saturated carbocycles. The maximum Gasteiger partial charge on any atom is 0.407 e. The van der Waals surface area contributed by atoms with Crippen LogP contribution >= 0.6 is 0 Å². The van der Waals surface area contributed by atoms with Gasteiger partial charge in [0.05, 0.1) is 4.90 Å². The summed E-state index contributed by atoms with van der Waals surface area (Å²) in [5, 5.41) is 4.85. The third kappa shape index (κ3) is 7.81. The van der Waals surface area contributed by atoms with Crippen molar-refractivity contribution in [3.63, 3.8) is 0 Å². The number of nitrogens with one attached hydrogen (secondary N) is 1. The van der Waals surface area contributed by atoms with E-state index in [1.807, 2.05) is 81.4 Å². The lowest BCUT2D eigenvalue weighted by molar-refractivity contribution is 0.0512. The van der Waals surface area contributed by atoms with Crippen molar-refractivity contribution in [1.29, 1.82) is 0 Å². The molecule has 0 aliphatic heterocycles. The predicted octanol–water partition coefficient (Wildman–Crippen LogP) is 6.40. The highest BCUT2D eigenvalue weighted by Crippen LogP contribution is 2.31. The smallest absolute Gasteiger partial charge is 0.407 e. The fraction of sp³-hybridized carbons (Fsp3) is 0.452. The van der Waals surface area contributed by atoms with E-state index in [4.69, 9.17) is 4.74 Å². The molecular formula is C31H40N2O4S. The van der Waals surface area contributed by atoms with Crippen LogP contribution in [0.5, 0.6) is 0 Å². The summed E-state index contributed by atoms with van der Waals surface area (Å²) in [5.41, 5.74) is 0.615. The van der Waals surface area contributed by atoms with Gasteiger partial charge in [0.2, 0.25) is 10.0 Å². The molecule has 1 N–H and O–H groups in total. The summed E-state index contributed by atoms with van der Waals surface area (Å²) in [4.78, 5) is 12.4. The van der Waals surface area contributed by atoms with Crippen LogP contribution in [0.2, 0.25) is 0 Å². The van der Waals surface area contributed by atoms with Crippen LogP contribution in [0.4, 0.5) is 4.79 Å². The second kappa shape index (κ2) is 12.3. The van der Waals surface area contributed by atoms with Gasteiger partial charge < -0.3 is 10.1 Å². The minimum absolute atomic E-state index is 0.291. The largest absolute Gasteiger partial charge is 0.444 e. The average Bonchev–Trinajstić information content (AvgIpc) is 2.89. The van der Waals surface area contributed by atoms with Gasteiger partial charge in [0.25, 0.3) is 0 Å². The predicted molar refractivity (Wildman–Crippen MR) is 153 cm³/mol. The van der Waals surface area contributed by atoms with E-state index in [0.29, 0.717) is 42.8 Å². The number of nitrogens with zero attached hydrogens (tertiary/aromatic N) is 1. The topological polar surface area (TPSA) is 75.7 Å². The van der Waals surface area contributed by atoms with Crippen LogP contribution in [0.25, 0.3) is 10.8 Å². The Balaban J connectivity index is 1.42. The Morgan fingerprint density at radius 3 is 2.21 bits per heavy atom. The number of carbonyl (C=O) groups excluding carboxylic acids is 1. The standard InChI is InChI=1S/C31H40N2O4S/c1-31(2,3)37-30(34)32-22-25-13-15-26(16-14-25)23-33(20-19-24-9-5-4-6-10-24)38(35,36)29-18-17-27-11-7-8-12-28(27)21-29/h4-12,17-18,21,25-26H,13-16,19-20,22-23H2,1-3H3,(H,32,34)/t25-,26-. The maximum absolute atomic E-state index is 13.9. The molecule has 0 atom stereocenters. The first-order chi connectivity index (χ1) is 18.1. The van der Waals surface area contributed by atoms with Gasteiger partial charge in [0.15, 0.2) is 0 Å². The van der Waals surface area contributed by atoms with Gasteiger partial charge in [0, 0.05) is 19.6 Å². The molecule has 204 valence electrons. The first-order valence-electron chi connectivity index (χ1n) is 13.6. The molecule has 1 amide bonds. The first kappa shape index (κ1) is 28.1. The number of sulfonamides is 1. The Bertz CT molecular complexity index is 1310. The number of benzene rings is 3. The van der Waals surface area contributed by atoms with Crippen molar-refractivity contribution in [3.8, 4) is 0 Å². The summed E-state index contributed by atoms with van der Waals surface area (Å²) in [5.74, 6) is 0.674. The second-order valence-corrected chi connectivity index (χ2v) is 13.3. The van der Waals surface area contributed by atoms with E-state index in [1.165, 1.54) is 0 Å². The Morgan fingerprint density at radius 2 is 1.53 bits per heavy atom. The lowest BCUT2D eigenvalue weighted by atomic mass is 9.82. The number of fused-ring (bicyclic) bond motifs is 1. The number of amides is 1. The number of hydrogen-bond acceptors (Lipinski definition) is 4. The van der Waals surface area contributed by atoms with E-state index in [1.54, 1.807) is 16.4 Å². The first-order valence-corrected chi connectivity index (χ1v) is 15.0. The summed E-state index contributed by atoms with van der Waals surface area (Å²) in [6, 6.07) is 23.3. The lowest BCUT2D eigenvalue weighted by Crippen LogP contribution is -2.39. The van der Waals surface area contributed by atoms with E-state index in [0.717, 1.165) is 42.0 Å². The van der Waals surface area contributed by atoms with Crippen LogP contribution in [-0.4, -0.2) is 44.1 Å². The van der Waals surface area contributed by atoms with Crippen LogP contribution in [0.15, 0.2) is 77.7 Å². The minimum Gasteiger partial charge on any atom is -0.444 e. The zero-order chi connectivity index (χ0) is 27.2. The molecule has 38 heavy (non-hydrogen) atoms. The van der Waals surface area contributed by atoms with Gasteiger partial charge in [-0.3, -0.25) is 0 Å². The fourth-order valence-electron chi connectivity index (χ4n) is 5.13. The van der Waals surface area contributed by atoms with Gasteiger partial charge in [-0.25, -0.2) is 13.2 Å². The van der Waals surface area contributed by atoms with Gasteiger partial charge in [-0.1, -0.05) is 60.7 Å². The SMILES string of the molecule is CC(C)(C)OC(=O)NC[C@H]1CC[C@H](CN(CCc2ccccc2)S(=O)(=O)c2ccc3ccccc3c2)CC1. The second-order valence-electron chi connectivity index (χ2n) is 11.4. The van der Waals surface area contributed by atoms with Crippen LogP contribution < -0.4 is 5.32 Å². The highest BCUT2D eigenvalue weighted by Gasteiger charge is 2.30. The van der Waals surface area contributed by atoms with Gasteiger partial charge in [-0.15, -0.1) is 0 Å². The van der Waals surface area contributed by atoms with E-state index in [2.05, 4.69) is 5.32 Å². The lowest BCUT2D eigenvalue weighted by Gasteiger charge is -2.32. The summed E-state index contributed by atoms with van der Waals surface area (Å²) in [6.07, 6.45) is 4.09. The molecule has 3 aromatic rings. The zero-order valence-electron chi connectivity index (χ0n) is 22.7. The highest BCUT2D eigenvalue weighted by atomic mass is 32.2. The summed E-state index contributed by atoms with van der Waals surface area (Å²) in [7, 11) is -3.65. The monoisotopic (exact) mass is 536 g/mol. The molecule has 0 unspecified atom stereocenters. The van der Waals surface area contributed by atoms with Crippen molar-refractivity contribution in [1.82, 2.24) is 9.62 Å². The fourth-order valence-corrected chi connectivity index (χ4v) is 6.69. The molecule has 6 nitrogen and oxygen atoms in total. The number of carbonyl (C=O) groups is 1. The van der Waals surface area contributed by atoms with Crippen molar-refractivity contribution in [2.24, 2.45) is 11.8 Å². The number of rotatable bonds is 9. The van der Waals surface area contributed by atoms with E-state index in [9.17, 15) is 13.2 Å². The summed E-state index contributed by atoms with van der Waals surface area (Å²) >= 11 is 0. The summed E-state index contributed by atoms with van der Waals surface area (Å²) < 4.78 is 34.8. The quantitative estimate of drug-likeness (QED) is 0.343. The Kier molecular flexibility index (Phi) is 9.11. The molecule has 0 heterocycles. The molecule has 7 heteroatoms. The Labute approximate surface area is 227 Å². The van der Waals surface area contributed by atoms with Gasteiger partial charge in [-0.2, -0.15) is 4.31 Å². The zero-order valence-corrected chi connectivity index (χ0v) is 23.5. The molecule has 1 fully saturated rings. The third-order valence-corrected chi connectivity index (χ3v) is 9.07. The average molecular weight is 537 g/mol. The van der Waals surface area contributed by atoms with Crippen molar-refractivity contribution in [2.45, 2.75) is 63.4 Å². The van der Waals surface area contributed by atoms with Gasteiger partial charge in [0.1, 0.15) is 5.60 Å². The summed E-state index contributed by atoms with van der Waals surface area (Å²) in [6.45, 7) is 7.11. The Hall–Kier alpha value is -2.90. The van der Waals surface area contributed by atoms with E-state index in [-0.39, 0.29) is 6.09 Å². The number of hydrogen-bond donors (Lipinski definition) is 1. The van der Waals surface area contributed by atoms with Crippen molar-refractivity contribution < 1.29 is 17.9 Å². The van der Waals surface area contributed by atoms with Crippen LogP contribution in [0, 0.1) is 11.8 Å². The maximum atomic E-state index is 13.9. The van der Waals surface area contributed by atoms with Crippen LogP contribution in [-0.2, 0) is 21.2 Å². The van der Waals surface area contributed by atoms with E-state index < -0.39 is 15.6 Å². The molecule has 0 spiro atoms. The van der Waals surface area contributed by atoms with Crippen molar-refractivity contribution >= 4 is 26.9 Å². The molecule has 1 aliphatic rings.